The van der Waals surface area contributed by atoms with Crippen LogP contribution in [0.15, 0.2) is 30.6 Å². The van der Waals surface area contributed by atoms with Crippen LogP contribution in [0.5, 0.6) is 0 Å². The molecule has 0 fully saturated rings. The van der Waals surface area contributed by atoms with E-state index >= 15 is 0 Å². The minimum absolute atomic E-state index is 0.420. The average molecular weight is 352 g/mol. The van der Waals surface area contributed by atoms with Crippen molar-refractivity contribution < 1.29 is 9.84 Å². The normalized spacial score (nSPS) is 13.8. The van der Waals surface area contributed by atoms with Gasteiger partial charge in [-0.15, -0.1) is 0 Å². The number of aromatic nitrogens is 5. The number of aryl methyl sites for hydroxylation is 2. The maximum atomic E-state index is 10.2. The Hall–Kier alpha value is -2.84. The largest absolute Gasteiger partial charge is 0.363 e. The molecule has 0 saturated carbocycles. The van der Waals surface area contributed by atoms with E-state index in [0.717, 1.165) is 35.4 Å². The van der Waals surface area contributed by atoms with E-state index in [1.165, 1.54) is 0 Å². The average Bonchev–Trinajstić information content (AvgIpc) is 3.00. The molecule has 1 unspecified atom stereocenters. The van der Waals surface area contributed by atoms with Gasteiger partial charge in [0.15, 0.2) is 0 Å². The summed E-state index contributed by atoms with van der Waals surface area (Å²) in [4.78, 5) is 13.3. The zero-order valence-electron chi connectivity index (χ0n) is 14.7. The van der Waals surface area contributed by atoms with Crippen LogP contribution in [0.1, 0.15) is 30.0 Å². The highest BCUT2D eigenvalue weighted by molar-refractivity contribution is 5.68. The molecule has 8 heteroatoms. The number of hydrogen-bond acceptors (Lipinski definition) is 7. The number of ether oxygens (including phenoxy) is 1. The van der Waals surface area contributed by atoms with Crippen LogP contribution in [0.25, 0.3) is 11.4 Å². The number of rotatable bonds is 5. The van der Waals surface area contributed by atoms with Crippen LogP contribution >= 0.6 is 0 Å². The molecule has 0 aliphatic heterocycles. The van der Waals surface area contributed by atoms with Gasteiger partial charge < -0.3 is 15.2 Å². The number of nitrogens with one attached hydrogen (secondary N) is 1. The second-order valence-corrected chi connectivity index (χ2v) is 6.05. The molecule has 0 amide bonds. The molecule has 26 heavy (non-hydrogen) atoms. The molecule has 134 valence electrons. The number of aliphatic hydroxyl groups excluding tert-OH is 1. The first kappa shape index (κ1) is 16.6. The van der Waals surface area contributed by atoms with E-state index in [4.69, 9.17) is 4.74 Å². The second-order valence-electron chi connectivity index (χ2n) is 6.05. The Bertz CT molecular complexity index is 925. The Kier molecular flexibility index (Phi) is 4.36. The van der Waals surface area contributed by atoms with E-state index in [2.05, 4.69) is 25.4 Å². The van der Waals surface area contributed by atoms with Crippen molar-refractivity contribution in [3.8, 4) is 11.4 Å². The Morgan fingerprint density at radius 2 is 2.19 bits per heavy atom. The van der Waals surface area contributed by atoms with E-state index in [1.54, 1.807) is 10.9 Å². The van der Waals surface area contributed by atoms with Crippen molar-refractivity contribution in [2.24, 2.45) is 7.05 Å². The van der Waals surface area contributed by atoms with Gasteiger partial charge in [-0.2, -0.15) is 5.10 Å². The Morgan fingerprint density at radius 1 is 1.31 bits per heavy atom. The third-order valence-corrected chi connectivity index (χ3v) is 4.37. The summed E-state index contributed by atoms with van der Waals surface area (Å²) in [5, 5.41) is 17.8. The molecule has 0 aromatic carbocycles. The highest BCUT2D eigenvalue weighted by Crippen LogP contribution is 2.36. The molecular formula is C18H20N6O2. The van der Waals surface area contributed by atoms with Gasteiger partial charge in [0, 0.05) is 31.6 Å². The predicted octanol–water partition coefficient (Wildman–Crippen LogP) is 2.14. The zero-order valence-corrected chi connectivity index (χ0v) is 14.7. The lowest BCUT2D eigenvalue weighted by Gasteiger charge is -2.18. The van der Waals surface area contributed by atoms with Crippen LogP contribution in [-0.2, 0) is 24.6 Å². The first-order chi connectivity index (χ1) is 12.7. The Labute approximate surface area is 150 Å². The molecule has 1 atom stereocenters. The van der Waals surface area contributed by atoms with Gasteiger partial charge >= 0.3 is 0 Å². The second kappa shape index (κ2) is 6.81. The van der Waals surface area contributed by atoms with Gasteiger partial charge in [0.2, 0.25) is 12.2 Å². The summed E-state index contributed by atoms with van der Waals surface area (Å²) in [7, 11) is 1.85. The van der Waals surface area contributed by atoms with Gasteiger partial charge in [0.25, 0.3) is 0 Å². The van der Waals surface area contributed by atoms with Crippen LogP contribution in [0, 0.1) is 0 Å². The van der Waals surface area contributed by atoms with Crippen LogP contribution in [0.3, 0.4) is 0 Å². The summed E-state index contributed by atoms with van der Waals surface area (Å²) in [5.74, 6) is 1.16. The molecule has 8 nitrogen and oxygen atoms in total. The number of anilines is 2. The van der Waals surface area contributed by atoms with E-state index in [1.807, 2.05) is 38.4 Å². The van der Waals surface area contributed by atoms with E-state index < -0.39 is 6.29 Å². The van der Waals surface area contributed by atoms with Gasteiger partial charge in [-0.25, -0.2) is 15.0 Å². The van der Waals surface area contributed by atoms with Gasteiger partial charge in [0.05, 0.1) is 11.4 Å². The van der Waals surface area contributed by atoms with Gasteiger partial charge in [-0.1, -0.05) is 6.07 Å². The molecule has 0 saturated heterocycles. The highest BCUT2D eigenvalue weighted by Gasteiger charge is 2.29. The fourth-order valence-electron chi connectivity index (χ4n) is 3.23. The number of pyridine rings is 1. The number of aliphatic hydroxyl groups is 1. The molecular weight excluding hydrogens is 332 g/mol. The summed E-state index contributed by atoms with van der Waals surface area (Å²) < 4.78 is 7.08. The first-order valence-electron chi connectivity index (χ1n) is 8.57. The van der Waals surface area contributed by atoms with Crippen molar-refractivity contribution in [2.45, 2.75) is 26.1 Å². The fourth-order valence-corrected chi connectivity index (χ4v) is 3.23. The van der Waals surface area contributed by atoms with Gasteiger partial charge in [-0.05, 0) is 37.5 Å². The van der Waals surface area contributed by atoms with Crippen molar-refractivity contribution >= 4 is 11.8 Å². The lowest BCUT2D eigenvalue weighted by molar-refractivity contribution is -0.101. The molecule has 3 aromatic rings. The molecule has 1 aliphatic carbocycles. The van der Waals surface area contributed by atoms with Crippen LogP contribution in [0.4, 0.5) is 11.8 Å². The molecule has 3 aromatic heterocycles. The third-order valence-electron chi connectivity index (χ3n) is 4.37. The summed E-state index contributed by atoms with van der Waals surface area (Å²) in [6, 6.07) is 5.61. The lowest BCUT2D eigenvalue weighted by Crippen LogP contribution is -2.12. The monoisotopic (exact) mass is 352 g/mol. The van der Waals surface area contributed by atoms with Gasteiger partial charge in [0.1, 0.15) is 11.5 Å². The Morgan fingerprint density at radius 3 is 2.96 bits per heavy atom. The van der Waals surface area contributed by atoms with Crippen molar-refractivity contribution in [2.75, 3.05) is 11.9 Å². The topological polar surface area (TPSA) is 98.0 Å². The Balaban J connectivity index is 1.73. The van der Waals surface area contributed by atoms with Crippen molar-refractivity contribution in [1.82, 2.24) is 24.7 Å². The fraction of sp³-hybridized carbons (Fsp3) is 0.333. The maximum Gasteiger partial charge on any atom is 0.228 e. The molecule has 0 spiro atoms. The molecule has 4 rings (SSSR count). The molecule has 0 radical (unpaired) electrons. The van der Waals surface area contributed by atoms with E-state index in [9.17, 15) is 5.11 Å². The number of nitrogens with zero attached hydrogens (tertiary/aromatic N) is 5. The van der Waals surface area contributed by atoms with Crippen LogP contribution in [-0.4, -0.2) is 36.4 Å². The highest BCUT2D eigenvalue weighted by atomic mass is 16.6. The summed E-state index contributed by atoms with van der Waals surface area (Å²) in [6.07, 6.45) is 4.09. The van der Waals surface area contributed by atoms with Crippen molar-refractivity contribution in [1.29, 1.82) is 0 Å². The maximum absolute atomic E-state index is 10.2. The minimum Gasteiger partial charge on any atom is -0.363 e. The van der Waals surface area contributed by atoms with Gasteiger partial charge in [-0.3, -0.25) is 4.68 Å². The zero-order chi connectivity index (χ0) is 18.1. The van der Waals surface area contributed by atoms with Crippen molar-refractivity contribution in [3.05, 3.63) is 47.4 Å². The lowest BCUT2D eigenvalue weighted by atomic mass is 9.93. The smallest absolute Gasteiger partial charge is 0.228 e. The number of hydrogen-bond donors (Lipinski definition) is 2. The summed E-state index contributed by atoms with van der Waals surface area (Å²) >= 11 is 0. The standard InChI is InChI=1S/C18H20N6O2/c1-3-26-17(25)15-12-8-7-11-10-20-18(21-13-6-4-5-9-19-13)22-14(11)16(12)24(2)23-15/h4-6,9-10,17,25H,3,7-8H2,1-2H3,(H,19,20,21,22). The summed E-state index contributed by atoms with van der Waals surface area (Å²) in [6.45, 7) is 2.26. The molecule has 3 heterocycles. The third kappa shape index (κ3) is 2.93. The molecule has 0 bridgehead atoms. The predicted molar refractivity (Wildman–Crippen MR) is 95.7 cm³/mol. The first-order valence-corrected chi connectivity index (χ1v) is 8.57. The summed E-state index contributed by atoms with van der Waals surface area (Å²) in [5.41, 5.74) is 4.32. The SMILES string of the molecule is CCOC(O)c1nn(C)c2c1CCc1cnc(Nc3ccccn3)nc1-2. The van der Waals surface area contributed by atoms with Crippen LogP contribution in [0.2, 0.25) is 0 Å². The van der Waals surface area contributed by atoms with E-state index in [0.29, 0.717) is 24.1 Å². The van der Waals surface area contributed by atoms with Crippen LogP contribution < -0.4 is 5.32 Å². The minimum atomic E-state index is -1.02. The molecule has 1 aliphatic rings. The van der Waals surface area contributed by atoms with E-state index in [-0.39, 0.29) is 0 Å². The number of fused-ring (bicyclic) bond motifs is 3. The van der Waals surface area contributed by atoms with Crippen molar-refractivity contribution in [3.63, 3.8) is 0 Å². The molecule has 2 N–H and O–H groups in total. The quantitative estimate of drug-likeness (QED) is 0.679.